The maximum Gasteiger partial charge on any atom is 0.232 e. The van der Waals surface area contributed by atoms with Crippen molar-refractivity contribution < 1.29 is 4.52 Å². The van der Waals surface area contributed by atoms with Gasteiger partial charge in [-0.05, 0) is 25.0 Å². The molecule has 6 heteroatoms. The van der Waals surface area contributed by atoms with Crippen LogP contribution in [0.15, 0.2) is 22.9 Å². The number of nitrogen functional groups attached to an aromatic ring is 1. The van der Waals surface area contributed by atoms with Gasteiger partial charge in [-0.15, -0.1) is 12.4 Å². The summed E-state index contributed by atoms with van der Waals surface area (Å²) in [4.78, 5) is 8.75. The van der Waals surface area contributed by atoms with Gasteiger partial charge in [0.1, 0.15) is 0 Å². The van der Waals surface area contributed by atoms with Crippen molar-refractivity contribution in [3.05, 3.63) is 35.7 Å². The number of nitrogens with two attached hydrogens (primary N) is 1. The third-order valence-corrected chi connectivity index (χ3v) is 3.63. The Bertz CT molecular complexity index is 534. The maximum atomic E-state index is 5.61. The van der Waals surface area contributed by atoms with Crippen molar-refractivity contribution in [2.75, 3.05) is 5.73 Å². The van der Waals surface area contributed by atoms with Crippen molar-refractivity contribution >= 4 is 18.1 Å². The minimum atomic E-state index is 0. The predicted octanol–water partition coefficient (Wildman–Crippen LogP) is 3.11. The molecule has 20 heavy (non-hydrogen) atoms. The van der Waals surface area contributed by atoms with Crippen molar-refractivity contribution in [2.45, 2.75) is 44.4 Å². The Kier molecular flexibility index (Phi) is 4.95. The Morgan fingerprint density at radius 3 is 2.70 bits per heavy atom. The van der Waals surface area contributed by atoms with E-state index >= 15 is 0 Å². The van der Waals surface area contributed by atoms with Crippen LogP contribution in [0.25, 0.3) is 0 Å². The van der Waals surface area contributed by atoms with Crippen LogP contribution in [0.1, 0.15) is 55.4 Å². The van der Waals surface area contributed by atoms with Crippen LogP contribution in [0.4, 0.5) is 5.69 Å². The highest BCUT2D eigenvalue weighted by atomic mass is 35.5. The summed E-state index contributed by atoms with van der Waals surface area (Å²) < 4.78 is 5.32. The highest BCUT2D eigenvalue weighted by Gasteiger charge is 2.20. The zero-order valence-electron chi connectivity index (χ0n) is 11.3. The summed E-state index contributed by atoms with van der Waals surface area (Å²) in [6, 6.07) is 3.72. The lowest BCUT2D eigenvalue weighted by Crippen LogP contribution is -2.06. The van der Waals surface area contributed by atoms with Gasteiger partial charge in [-0.2, -0.15) is 4.98 Å². The van der Waals surface area contributed by atoms with Crippen molar-refractivity contribution in [2.24, 2.45) is 0 Å². The van der Waals surface area contributed by atoms with Crippen molar-refractivity contribution in [3.8, 4) is 0 Å². The third kappa shape index (κ3) is 3.48. The summed E-state index contributed by atoms with van der Waals surface area (Å²) in [6.07, 6.45) is 8.45. The van der Waals surface area contributed by atoms with Crippen molar-refractivity contribution in [3.63, 3.8) is 0 Å². The van der Waals surface area contributed by atoms with Crippen LogP contribution in [-0.4, -0.2) is 15.1 Å². The third-order valence-electron chi connectivity index (χ3n) is 3.63. The lowest BCUT2D eigenvalue weighted by molar-refractivity contribution is 0.361. The molecule has 1 fully saturated rings. The molecule has 1 aliphatic rings. The number of pyridine rings is 1. The summed E-state index contributed by atoms with van der Waals surface area (Å²) >= 11 is 0. The van der Waals surface area contributed by atoms with Gasteiger partial charge < -0.3 is 10.3 Å². The number of hydrogen-bond donors (Lipinski definition) is 1. The van der Waals surface area contributed by atoms with Gasteiger partial charge in [-0.25, -0.2) is 0 Å². The van der Waals surface area contributed by atoms with Gasteiger partial charge in [0.2, 0.25) is 5.89 Å². The van der Waals surface area contributed by atoms with Gasteiger partial charge in [0.15, 0.2) is 5.82 Å². The molecule has 2 aromatic rings. The lowest BCUT2D eigenvalue weighted by Gasteiger charge is -2.17. The second-order valence-corrected chi connectivity index (χ2v) is 5.14. The monoisotopic (exact) mass is 294 g/mol. The average molecular weight is 295 g/mol. The maximum absolute atomic E-state index is 5.61. The molecule has 3 rings (SSSR count). The predicted molar refractivity (Wildman–Crippen MR) is 78.8 cm³/mol. The minimum absolute atomic E-state index is 0. The molecule has 0 spiro atoms. The van der Waals surface area contributed by atoms with Crippen LogP contribution in [0.5, 0.6) is 0 Å². The number of halogens is 1. The number of anilines is 1. The van der Waals surface area contributed by atoms with Crippen LogP contribution in [0.3, 0.4) is 0 Å². The summed E-state index contributed by atoms with van der Waals surface area (Å²) in [5.41, 5.74) is 7.17. The summed E-state index contributed by atoms with van der Waals surface area (Å²) in [6.45, 7) is 0. The minimum Gasteiger partial charge on any atom is -0.397 e. The molecule has 5 nitrogen and oxygen atoms in total. The molecule has 0 radical (unpaired) electrons. The molecule has 0 bridgehead atoms. The topological polar surface area (TPSA) is 77.8 Å². The molecule has 1 saturated carbocycles. The fourth-order valence-corrected chi connectivity index (χ4v) is 2.56. The highest BCUT2D eigenvalue weighted by Crippen LogP contribution is 2.30. The molecule has 0 aromatic carbocycles. The van der Waals surface area contributed by atoms with Gasteiger partial charge in [-0.3, -0.25) is 4.98 Å². The first kappa shape index (κ1) is 14.8. The van der Waals surface area contributed by atoms with Crippen LogP contribution < -0.4 is 5.73 Å². The van der Waals surface area contributed by atoms with E-state index in [1.807, 2.05) is 12.1 Å². The fourth-order valence-electron chi connectivity index (χ4n) is 2.56. The summed E-state index contributed by atoms with van der Waals surface area (Å²) in [7, 11) is 0. The molecule has 0 atom stereocenters. The number of nitrogens with zero attached hydrogens (tertiary/aromatic N) is 3. The van der Waals surface area contributed by atoms with E-state index in [1.165, 1.54) is 32.1 Å². The van der Waals surface area contributed by atoms with Gasteiger partial charge in [0.25, 0.3) is 0 Å². The van der Waals surface area contributed by atoms with Gasteiger partial charge >= 0.3 is 0 Å². The summed E-state index contributed by atoms with van der Waals surface area (Å²) in [5.74, 6) is 1.98. The largest absolute Gasteiger partial charge is 0.397 e. The molecular weight excluding hydrogens is 276 g/mol. The standard InChI is InChI=1S/C14H18N4O.ClH/c15-11-6-7-12(16-9-11)8-13-17-14(18-19-13)10-4-2-1-3-5-10;/h6-7,9-10H,1-5,8,15H2;1H. The van der Waals surface area contributed by atoms with Crippen LogP contribution in [0, 0.1) is 0 Å². The van der Waals surface area contributed by atoms with Crippen molar-refractivity contribution in [1.82, 2.24) is 15.1 Å². The van der Waals surface area contributed by atoms with E-state index in [0.717, 1.165) is 11.5 Å². The molecule has 0 aliphatic heterocycles. The van der Waals surface area contributed by atoms with E-state index in [-0.39, 0.29) is 12.4 Å². The van der Waals surface area contributed by atoms with Crippen LogP contribution >= 0.6 is 12.4 Å². The summed E-state index contributed by atoms with van der Waals surface area (Å²) in [5, 5.41) is 4.11. The molecule has 1 aliphatic carbocycles. The Hall–Kier alpha value is -1.62. The number of rotatable bonds is 3. The lowest BCUT2D eigenvalue weighted by atomic mass is 9.89. The second-order valence-electron chi connectivity index (χ2n) is 5.14. The second kappa shape index (κ2) is 6.70. The molecule has 0 amide bonds. The fraction of sp³-hybridized carbons (Fsp3) is 0.500. The van der Waals surface area contributed by atoms with Crippen LogP contribution in [0.2, 0.25) is 0 Å². The van der Waals surface area contributed by atoms with E-state index in [1.54, 1.807) is 6.20 Å². The van der Waals surface area contributed by atoms with E-state index < -0.39 is 0 Å². The molecule has 108 valence electrons. The van der Waals surface area contributed by atoms with E-state index in [0.29, 0.717) is 23.9 Å². The Balaban J connectivity index is 0.00000147. The smallest absolute Gasteiger partial charge is 0.232 e. The molecule has 2 N–H and O–H groups in total. The van der Waals surface area contributed by atoms with Gasteiger partial charge in [0.05, 0.1) is 18.3 Å². The normalized spacial score (nSPS) is 15.8. The van der Waals surface area contributed by atoms with E-state index in [4.69, 9.17) is 10.3 Å². The van der Waals surface area contributed by atoms with E-state index in [9.17, 15) is 0 Å². The Labute approximate surface area is 124 Å². The number of aromatic nitrogens is 3. The molecule has 0 unspecified atom stereocenters. The van der Waals surface area contributed by atoms with E-state index in [2.05, 4.69) is 15.1 Å². The Morgan fingerprint density at radius 1 is 1.20 bits per heavy atom. The first-order chi connectivity index (χ1) is 9.31. The zero-order chi connectivity index (χ0) is 13.1. The molecule has 0 saturated heterocycles. The van der Waals surface area contributed by atoms with Crippen molar-refractivity contribution in [1.29, 1.82) is 0 Å². The number of hydrogen-bond acceptors (Lipinski definition) is 5. The van der Waals surface area contributed by atoms with Gasteiger partial charge in [0, 0.05) is 11.6 Å². The first-order valence-corrected chi connectivity index (χ1v) is 6.84. The molecule has 2 heterocycles. The highest BCUT2D eigenvalue weighted by molar-refractivity contribution is 5.85. The zero-order valence-corrected chi connectivity index (χ0v) is 12.1. The van der Waals surface area contributed by atoms with Crippen LogP contribution in [-0.2, 0) is 6.42 Å². The molecule has 2 aromatic heterocycles. The Morgan fingerprint density at radius 2 is 2.00 bits per heavy atom. The van der Waals surface area contributed by atoms with Gasteiger partial charge in [-0.1, -0.05) is 24.4 Å². The first-order valence-electron chi connectivity index (χ1n) is 6.84. The average Bonchev–Trinajstić information content (AvgIpc) is 2.91. The molecular formula is C14H19ClN4O. The quantitative estimate of drug-likeness (QED) is 0.941. The SMILES string of the molecule is Cl.Nc1ccc(Cc2nc(C3CCCCC3)no2)nc1.